The molecular weight excluding hydrogens is 273 g/mol. The lowest BCUT2D eigenvalue weighted by Crippen LogP contribution is -2.05. The average Bonchev–Trinajstić information content (AvgIpc) is 2.70. The fourth-order valence-corrected chi connectivity index (χ4v) is 2.08. The lowest BCUT2D eigenvalue weighted by Gasteiger charge is -2.06. The predicted molar refractivity (Wildman–Crippen MR) is 72.1 cm³/mol. The Hall–Kier alpha value is -1.52. The van der Waals surface area contributed by atoms with Gasteiger partial charge in [-0.3, -0.25) is 9.48 Å². The number of benzene rings is 1. The van der Waals surface area contributed by atoms with Crippen LogP contribution in [-0.4, -0.2) is 15.7 Å². The summed E-state index contributed by atoms with van der Waals surface area (Å²) in [6, 6.07) is 5.35. The largest absolute Gasteiger partial charge is 0.324 e. The minimum atomic E-state index is -0.134. The smallest absolute Gasteiger partial charge is 0.221 e. The van der Waals surface area contributed by atoms with Gasteiger partial charge in [0.05, 0.1) is 18.4 Å². The van der Waals surface area contributed by atoms with Crippen LogP contribution < -0.4 is 5.32 Å². The molecule has 94 valence electrons. The third-order valence-electron chi connectivity index (χ3n) is 2.34. The Kier molecular flexibility index (Phi) is 3.89. The fourth-order valence-electron chi connectivity index (χ4n) is 1.56. The molecule has 1 aromatic carbocycles. The van der Waals surface area contributed by atoms with Gasteiger partial charge in [-0.05, 0) is 12.1 Å². The van der Waals surface area contributed by atoms with Crippen molar-refractivity contribution in [1.29, 1.82) is 0 Å². The number of amides is 1. The molecule has 0 saturated heterocycles. The second-order valence-corrected chi connectivity index (χ2v) is 4.62. The number of carbonyl (C=O) groups excluding carboxylic acids is 1. The van der Waals surface area contributed by atoms with E-state index in [2.05, 4.69) is 10.4 Å². The Bertz CT molecular complexity index is 560. The number of hydrogen-bond acceptors (Lipinski definition) is 2. The van der Waals surface area contributed by atoms with Gasteiger partial charge in [0.25, 0.3) is 0 Å². The zero-order valence-electron chi connectivity index (χ0n) is 9.65. The van der Waals surface area contributed by atoms with Gasteiger partial charge >= 0.3 is 0 Å². The third-order valence-corrected chi connectivity index (χ3v) is 3.04. The molecule has 6 heteroatoms. The third kappa shape index (κ3) is 3.03. The maximum absolute atomic E-state index is 10.9. The maximum Gasteiger partial charge on any atom is 0.221 e. The standard InChI is InChI=1S/C12H11Cl2N3O/c1-8(18)16-9-5-15-17(6-9)7-10-11(13)3-2-4-12(10)14/h2-6H,7H2,1H3,(H,16,18). The van der Waals surface area contributed by atoms with E-state index in [-0.39, 0.29) is 5.91 Å². The van der Waals surface area contributed by atoms with Gasteiger partial charge in [0.2, 0.25) is 5.91 Å². The highest BCUT2D eigenvalue weighted by Gasteiger charge is 2.07. The summed E-state index contributed by atoms with van der Waals surface area (Å²) in [7, 11) is 0. The molecular formula is C12H11Cl2N3O. The van der Waals surface area contributed by atoms with Crippen LogP contribution in [0.3, 0.4) is 0 Å². The molecule has 4 nitrogen and oxygen atoms in total. The highest BCUT2D eigenvalue weighted by molar-refractivity contribution is 6.35. The van der Waals surface area contributed by atoms with Gasteiger partial charge in [0, 0.05) is 28.7 Å². The molecule has 0 aliphatic carbocycles. The van der Waals surface area contributed by atoms with Crippen molar-refractivity contribution in [2.24, 2.45) is 0 Å². The molecule has 0 saturated carbocycles. The molecule has 0 unspecified atom stereocenters. The van der Waals surface area contributed by atoms with Crippen molar-refractivity contribution in [2.75, 3.05) is 5.32 Å². The number of nitrogens with one attached hydrogen (secondary N) is 1. The van der Waals surface area contributed by atoms with Crippen molar-refractivity contribution in [1.82, 2.24) is 9.78 Å². The molecule has 18 heavy (non-hydrogen) atoms. The number of nitrogens with zero attached hydrogens (tertiary/aromatic N) is 2. The summed E-state index contributed by atoms with van der Waals surface area (Å²) in [5, 5.41) is 7.98. The fraction of sp³-hybridized carbons (Fsp3) is 0.167. The van der Waals surface area contributed by atoms with E-state index in [1.807, 2.05) is 0 Å². The Balaban J connectivity index is 2.19. The second-order valence-electron chi connectivity index (χ2n) is 3.81. The molecule has 2 aromatic rings. The van der Waals surface area contributed by atoms with Gasteiger partial charge in [-0.15, -0.1) is 0 Å². The summed E-state index contributed by atoms with van der Waals surface area (Å²) >= 11 is 12.2. The highest BCUT2D eigenvalue weighted by Crippen LogP contribution is 2.25. The van der Waals surface area contributed by atoms with Gasteiger partial charge < -0.3 is 5.32 Å². The SMILES string of the molecule is CC(=O)Nc1cnn(Cc2c(Cl)cccc2Cl)c1. The van der Waals surface area contributed by atoms with Crippen molar-refractivity contribution in [2.45, 2.75) is 13.5 Å². The Morgan fingerprint density at radius 2 is 2.06 bits per heavy atom. The lowest BCUT2D eigenvalue weighted by molar-refractivity contribution is -0.114. The number of anilines is 1. The van der Waals surface area contributed by atoms with Crippen LogP contribution in [0.4, 0.5) is 5.69 Å². The number of halogens is 2. The molecule has 0 aliphatic rings. The summed E-state index contributed by atoms with van der Waals surface area (Å²) in [6.07, 6.45) is 3.30. The molecule has 1 amide bonds. The van der Waals surface area contributed by atoms with E-state index >= 15 is 0 Å². The highest BCUT2D eigenvalue weighted by atomic mass is 35.5. The molecule has 2 rings (SSSR count). The number of hydrogen-bond donors (Lipinski definition) is 1. The van der Waals surface area contributed by atoms with Crippen molar-refractivity contribution in [3.05, 3.63) is 46.2 Å². The van der Waals surface area contributed by atoms with Crippen LogP contribution >= 0.6 is 23.2 Å². The number of carbonyl (C=O) groups is 1. The second kappa shape index (κ2) is 5.42. The van der Waals surface area contributed by atoms with Gasteiger partial charge in [-0.25, -0.2) is 0 Å². The summed E-state index contributed by atoms with van der Waals surface area (Å²) in [5.41, 5.74) is 1.45. The quantitative estimate of drug-likeness (QED) is 0.940. The van der Waals surface area contributed by atoms with Crippen LogP contribution in [0.15, 0.2) is 30.6 Å². The molecule has 1 N–H and O–H groups in total. The zero-order chi connectivity index (χ0) is 13.1. The summed E-state index contributed by atoms with van der Waals surface area (Å²) in [5.74, 6) is -0.134. The molecule has 1 aromatic heterocycles. The van der Waals surface area contributed by atoms with Gasteiger partial charge in [0.15, 0.2) is 0 Å². The van der Waals surface area contributed by atoms with E-state index in [1.54, 1.807) is 35.3 Å². The Morgan fingerprint density at radius 1 is 1.39 bits per heavy atom. The summed E-state index contributed by atoms with van der Waals surface area (Å²) in [4.78, 5) is 10.9. The molecule has 0 spiro atoms. The van der Waals surface area contributed by atoms with E-state index in [9.17, 15) is 4.79 Å². The van der Waals surface area contributed by atoms with E-state index in [1.165, 1.54) is 6.92 Å². The lowest BCUT2D eigenvalue weighted by atomic mass is 10.2. The van der Waals surface area contributed by atoms with Gasteiger partial charge in [-0.1, -0.05) is 29.3 Å². The van der Waals surface area contributed by atoms with Crippen LogP contribution in [0.1, 0.15) is 12.5 Å². The van der Waals surface area contributed by atoms with Crippen molar-refractivity contribution in [3.63, 3.8) is 0 Å². The summed E-state index contributed by atoms with van der Waals surface area (Å²) in [6.45, 7) is 1.90. The molecule has 0 bridgehead atoms. The van der Waals surface area contributed by atoms with E-state index in [0.717, 1.165) is 5.56 Å². The topological polar surface area (TPSA) is 46.9 Å². The van der Waals surface area contributed by atoms with Crippen molar-refractivity contribution < 1.29 is 4.79 Å². The first-order valence-corrected chi connectivity index (χ1v) is 6.05. The first-order chi connectivity index (χ1) is 8.56. The van der Waals surface area contributed by atoms with E-state index in [0.29, 0.717) is 22.3 Å². The van der Waals surface area contributed by atoms with Gasteiger partial charge in [-0.2, -0.15) is 5.10 Å². The molecule has 1 heterocycles. The Morgan fingerprint density at radius 3 is 2.67 bits per heavy atom. The summed E-state index contributed by atoms with van der Waals surface area (Å²) < 4.78 is 1.67. The Labute approximate surface area is 115 Å². The van der Waals surface area contributed by atoms with Crippen LogP contribution in [0, 0.1) is 0 Å². The van der Waals surface area contributed by atoms with E-state index in [4.69, 9.17) is 23.2 Å². The van der Waals surface area contributed by atoms with Gasteiger partial charge in [0.1, 0.15) is 0 Å². The minimum absolute atomic E-state index is 0.134. The van der Waals surface area contributed by atoms with Crippen molar-refractivity contribution >= 4 is 34.8 Å². The van der Waals surface area contributed by atoms with Crippen LogP contribution in [0.2, 0.25) is 10.0 Å². The first kappa shape index (κ1) is 12.9. The van der Waals surface area contributed by atoms with Crippen LogP contribution in [-0.2, 0) is 11.3 Å². The molecule has 0 atom stereocenters. The monoisotopic (exact) mass is 283 g/mol. The minimum Gasteiger partial charge on any atom is -0.324 e. The first-order valence-electron chi connectivity index (χ1n) is 5.29. The predicted octanol–water partition coefficient (Wildman–Crippen LogP) is 3.20. The number of rotatable bonds is 3. The number of aromatic nitrogens is 2. The molecule has 0 fully saturated rings. The maximum atomic E-state index is 10.9. The molecule has 0 aliphatic heterocycles. The molecule has 0 radical (unpaired) electrons. The normalized spacial score (nSPS) is 10.4. The van der Waals surface area contributed by atoms with Crippen molar-refractivity contribution in [3.8, 4) is 0 Å². The van der Waals surface area contributed by atoms with E-state index < -0.39 is 0 Å². The van der Waals surface area contributed by atoms with Crippen LogP contribution in [0.25, 0.3) is 0 Å². The zero-order valence-corrected chi connectivity index (χ0v) is 11.2. The van der Waals surface area contributed by atoms with Crippen LogP contribution in [0.5, 0.6) is 0 Å². The average molecular weight is 284 g/mol.